The van der Waals surface area contributed by atoms with Crippen molar-refractivity contribution in [2.24, 2.45) is 0 Å². The van der Waals surface area contributed by atoms with Crippen LogP contribution in [-0.4, -0.2) is 27.6 Å². The molecule has 0 saturated carbocycles. The van der Waals surface area contributed by atoms with Crippen molar-refractivity contribution >= 4 is 11.7 Å². The van der Waals surface area contributed by atoms with E-state index in [0.29, 0.717) is 23.1 Å². The summed E-state index contributed by atoms with van der Waals surface area (Å²) in [6, 6.07) is 3.44. The minimum absolute atomic E-state index is 0.203. The Morgan fingerprint density at radius 1 is 1.30 bits per heavy atom. The van der Waals surface area contributed by atoms with Crippen molar-refractivity contribution in [1.82, 2.24) is 20.4 Å². The van der Waals surface area contributed by atoms with Gasteiger partial charge >= 0.3 is 0 Å². The number of carbonyl (C=O) groups is 1. The number of anilines is 1. The number of amides is 1. The average Bonchev–Trinajstić information content (AvgIpc) is 2.81. The van der Waals surface area contributed by atoms with Crippen LogP contribution in [0.1, 0.15) is 34.7 Å². The second-order valence-corrected chi connectivity index (χ2v) is 4.33. The Hall–Kier alpha value is -2.44. The standard InChI is InChI=1S/C13H17N5O2/c1-4-14-11-6-10(5-8(2)16-11)13(19)15-7-12-17-9(3)18-20-12/h5-6H,4,7H2,1-3H3,(H,14,16)(H,15,19). The Morgan fingerprint density at radius 2 is 2.10 bits per heavy atom. The van der Waals surface area contributed by atoms with E-state index in [0.717, 1.165) is 12.2 Å². The van der Waals surface area contributed by atoms with E-state index in [4.69, 9.17) is 4.52 Å². The summed E-state index contributed by atoms with van der Waals surface area (Å²) >= 11 is 0. The molecule has 106 valence electrons. The molecule has 0 radical (unpaired) electrons. The van der Waals surface area contributed by atoms with Gasteiger partial charge in [0.2, 0.25) is 5.89 Å². The molecule has 1 amide bonds. The minimum Gasteiger partial charge on any atom is -0.370 e. The quantitative estimate of drug-likeness (QED) is 0.857. The molecular formula is C13H17N5O2. The molecule has 0 unspecified atom stereocenters. The zero-order valence-electron chi connectivity index (χ0n) is 11.7. The molecule has 0 atom stereocenters. The van der Waals surface area contributed by atoms with Gasteiger partial charge in [-0.15, -0.1) is 0 Å². The Bertz CT molecular complexity index is 609. The molecule has 0 aliphatic rings. The minimum atomic E-state index is -0.203. The molecule has 0 aromatic carbocycles. The van der Waals surface area contributed by atoms with E-state index in [-0.39, 0.29) is 12.5 Å². The highest BCUT2D eigenvalue weighted by atomic mass is 16.5. The maximum atomic E-state index is 12.1. The highest BCUT2D eigenvalue weighted by molar-refractivity contribution is 5.94. The van der Waals surface area contributed by atoms with Crippen molar-refractivity contribution in [3.05, 3.63) is 35.1 Å². The summed E-state index contributed by atoms with van der Waals surface area (Å²) in [6.07, 6.45) is 0. The van der Waals surface area contributed by atoms with Crippen molar-refractivity contribution in [1.29, 1.82) is 0 Å². The van der Waals surface area contributed by atoms with E-state index >= 15 is 0 Å². The second-order valence-electron chi connectivity index (χ2n) is 4.33. The number of carbonyl (C=O) groups excluding carboxylic acids is 1. The fourth-order valence-corrected chi connectivity index (χ4v) is 1.74. The zero-order chi connectivity index (χ0) is 14.5. The first kappa shape index (κ1) is 14.0. The molecule has 0 aliphatic carbocycles. The lowest BCUT2D eigenvalue weighted by Gasteiger charge is -2.07. The average molecular weight is 275 g/mol. The summed E-state index contributed by atoms with van der Waals surface area (Å²) < 4.78 is 4.94. The van der Waals surface area contributed by atoms with E-state index < -0.39 is 0 Å². The smallest absolute Gasteiger partial charge is 0.251 e. The lowest BCUT2D eigenvalue weighted by Crippen LogP contribution is -2.23. The summed E-state index contributed by atoms with van der Waals surface area (Å²) in [4.78, 5) is 20.4. The molecular weight excluding hydrogens is 258 g/mol. The van der Waals surface area contributed by atoms with Crippen LogP contribution in [0.15, 0.2) is 16.7 Å². The van der Waals surface area contributed by atoms with Crippen LogP contribution in [0.4, 0.5) is 5.82 Å². The number of hydrogen-bond acceptors (Lipinski definition) is 6. The maximum Gasteiger partial charge on any atom is 0.251 e. The molecule has 20 heavy (non-hydrogen) atoms. The Balaban J connectivity index is 2.04. The summed E-state index contributed by atoms with van der Waals surface area (Å²) in [5.74, 6) is 1.41. The topological polar surface area (TPSA) is 92.9 Å². The second kappa shape index (κ2) is 6.14. The van der Waals surface area contributed by atoms with Crippen LogP contribution in [-0.2, 0) is 6.54 Å². The van der Waals surface area contributed by atoms with Gasteiger partial charge in [0.25, 0.3) is 5.91 Å². The van der Waals surface area contributed by atoms with Crippen LogP contribution in [0.2, 0.25) is 0 Å². The number of hydrogen-bond donors (Lipinski definition) is 2. The Morgan fingerprint density at radius 3 is 2.75 bits per heavy atom. The van der Waals surface area contributed by atoms with Crippen LogP contribution in [0.5, 0.6) is 0 Å². The molecule has 7 nitrogen and oxygen atoms in total. The molecule has 0 fully saturated rings. The molecule has 0 saturated heterocycles. The third kappa shape index (κ3) is 3.53. The fraction of sp³-hybridized carbons (Fsp3) is 0.385. The van der Waals surface area contributed by atoms with Crippen LogP contribution < -0.4 is 10.6 Å². The third-order valence-electron chi connectivity index (χ3n) is 2.54. The lowest BCUT2D eigenvalue weighted by atomic mass is 10.2. The SMILES string of the molecule is CCNc1cc(C(=O)NCc2nc(C)no2)cc(C)n1. The highest BCUT2D eigenvalue weighted by Gasteiger charge is 2.10. The first-order valence-electron chi connectivity index (χ1n) is 6.38. The number of nitrogens with one attached hydrogen (secondary N) is 2. The van der Waals surface area contributed by atoms with Crippen LogP contribution >= 0.6 is 0 Å². The summed E-state index contributed by atoms with van der Waals surface area (Å²) in [7, 11) is 0. The predicted octanol–water partition coefficient (Wildman–Crippen LogP) is 1.44. The zero-order valence-corrected chi connectivity index (χ0v) is 11.7. The summed E-state index contributed by atoms with van der Waals surface area (Å²) in [5, 5.41) is 9.49. The molecule has 0 spiro atoms. The molecule has 2 heterocycles. The van der Waals surface area contributed by atoms with E-state index in [1.54, 1.807) is 19.1 Å². The predicted molar refractivity (Wildman–Crippen MR) is 73.3 cm³/mol. The van der Waals surface area contributed by atoms with Crippen molar-refractivity contribution in [3.63, 3.8) is 0 Å². The molecule has 7 heteroatoms. The lowest BCUT2D eigenvalue weighted by molar-refractivity contribution is 0.0946. The van der Waals surface area contributed by atoms with Gasteiger partial charge in [-0.2, -0.15) is 4.98 Å². The number of aryl methyl sites for hydroxylation is 2. The van der Waals surface area contributed by atoms with Gasteiger partial charge in [-0.25, -0.2) is 4.98 Å². The third-order valence-corrected chi connectivity index (χ3v) is 2.54. The molecule has 2 rings (SSSR count). The monoisotopic (exact) mass is 275 g/mol. The van der Waals surface area contributed by atoms with Gasteiger partial charge in [0.05, 0.1) is 6.54 Å². The van der Waals surface area contributed by atoms with E-state index in [9.17, 15) is 4.79 Å². The van der Waals surface area contributed by atoms with Crippen molar-refractivity contribution in [3.8, 4) is 0 Å². The van der Waals surface area contributed by atoms with E-state index in [2.05, 4.69) is 25.8 Å². The molecule has 2 aromatic rings. The van der Waals surface area contributed by atoms with Gasteiger partial charge < -0.3 is 15.2 Å². The van der Waals surface area contributed by atoms with Crippen LogP contribution in [0.25, 0.3) is 0 Å². The Labute approximate surface area is 116 Å². The molecule has 0 bridgehead atoms. The molecule has 2 N–H and O–H groups in total. The Kier molecular flexibility index (Phi) is 4.29. The number of aromatic nitrogens is 3. The number of pyridine rings is 1. The summed E-state index contributed by atoms with van der Waals surface area (Å²) in [5.41, 5.74) is 1.33. The fourth-order valence-electron chi connectivity index (χ4n) is 1.74. The number of nitrogens with zero attached hydrogens (tertiary/aromatic N) is 3. The van der Waals surface area contributed by atoms with Gasteiger partial charge in [0.1, 0.15) is 5.82 Å². The van der Waals surface area contributed by atoms with Crippen molar-refractivity contribution in [2.75, 3.05) is 11.9 Å². The number of rotatable bonds is 5. The van der Waals surface area contributed by atoms with E-state index in [1.165, 1.54) is 0 Å². The highest BCUT2D eigenvalue weighted by Crippen LogP contribution is 2.10. The van der Waals surface area contributed by atoms with Crippen LogP contribution in [0, 0.1) is 13.8 Å². The van der Waals surface area contributed by atoms with E-state index in [1.807, 2.05) is 13.8 Å². The maximum absolute atomic E-state index is 12.1. The van der Waals surface area contributed by atoms with Crippen molar-refractivity contribution < 1.29 is 9.32 Å². The molecule has 2 aromatic heterocycles. The van der Waals surface area contributed by atoms with Gasteiger partial charge in [-0.3, -0.25) is 4.79 Å². The van der Waals surface area contributed by atoms with Gasteiger partial charge in [-0.05, 0) is 32.9 Å². The summed E-state index contributed by atoms with van der Waals surface area (Å²) in [6.45, 7) is 6.50. The first-order valence-corrected chi connectivity index (χ1v) is 6.38. The first-order chi connectivity index (χ1) is 9.58. The van der Waals surface area contributed by atoms with Crippen LogP contribution in [0.3, 0.4) is 0 Å². The van der Waals surface area contributed by atoms with Gasteiger partial charge in [0.15, 0.2) is 5.82 Å². The van der Waals surface area contributed by atoms with Gasteiger partial charge in [-0.1, -0.05) is 5.16 Å². The normalized spacial score (nSPS) is 10.3. The molecule has 0 aliphatic heterocycles. The van der Waals surface area contributed by atoms with Gasteiger partial charge in [0, 0.05) is 17.8 Å². The largest absolute Gasteiger partial charge is 0.370 e. The van der Waals surface area contributed by atoms with Crippen molar-refractivity contribution in [2.45, 2.75) is 27.3 Å².